The lowest BCUT2D eigenvalue weighted by molar-refractivity contribution is -0.0198. The molecule has 0 aliphatic carbocycles. The molecular weight excluding hydrogens is 376 g/mol. The molecule has 0 aromatic heterocycles. The van der Waals surface area contributed by atoms with Crippen molar-refractivity contribution >= 4 is 0 Å². The van der Waals surface area contributed by atoms with E-state index in [1.54, 1.807) is 0 Å². The Morgan fingerprint density at radius 1 is 0.677 bits per heavy atom. The Balaban J connectivity index is 1.44. The standard InChI is InChI=1S/C30H44O/c1-3-5-7-9-11-12-25-14-17-27(18-15-25)28-19-21-29(22-20-28)30-23-16-26(24-31-30)13-10-8-6-4-2/h14-15,17-22,26,30H,3-13,16,23-24H2,1-2H3. The molecule has 0 saturated carbocycles. The first kappa shape index (κ1) is 24.1. The lowest BCUT2D eigenvalue weighted by Crippen LogP contribution is -2.20. The highest BCUT2D eigenvalue weighted by molar-refractivity contribution is 5.64. The van der Waals surface area contributed by atoms with Crippen LogP contribution in [0, 0.1) is 5.92 Å². The molecule has 1 heterocycles. The molecule has 2 aromatic carbocycles. The summed E-state index contributed by atoms with van der Waals surface area (Å²) in [6.45, 7) is 5.50. The van der Waals surface area contributed by atoms with E-state index in [0.29, 0.717) is 0 Å². The van der Waals surface area contributed by atoms with E-state index >= 15 is 0 Å². The lowest BCUT2D eigenvalue weighted by Gasteiger charge is -2.29. The van der Waals surface area contributed by atoms with E-state index in [0.717, 1.165) is 12.5 Å². The van der Waals surface area contributed by atoms with Crippen molar-refractivity contribution in [2.24, 2.45) is 5.92 Å². The van der Waals surface area contributed by atoms with Crippen LogP contribution in [0.3, 0.4) is 0 Å². The first-order valence-corrected chi connectivity index (χ1v) is 13.1. The zero-order valence-electron chi connectivity index (χ0n) is 20.1. The Kier molecular flexibility index (Phi) is 10.7. The monoisotopic (exact) mass is 420 g/mol. The number of aryl methyl sites for hydroxylation is 1. The van der Waals surface area contributed by atoms with E-state index in [9.17, 15) is 0 Å². The van der Waals surface area contributed by atoms with E-state index in [2.05, 4.69) is 62.4 Å². The van der Waals surface area contributed by atoms with Crippen LogP contribution in [0.15, 0.2) is 48.5 Å². The zero-order chi connectivity index (χ0) is 21.7. The van der Waals surface area contributed by atoms with Crippen LogP contribution < -0.4 is 0 Å². The Hall–Kier alpha value is -1.60. The van der Waals surface area contributed by atoms with Crippen LogP contribution in [0.4, 0.5) is 0 Å². The van der Waals surface area contributed by atoms with Gasteiger partial charge in [0.15, 0.2) is 0 Å². The molecule has 1 aliphatic heterocycles. The van der Waals surface area contributed by atoms with Gasteiger partial charge >= 0.3 is 0 Å². The van der Waals surface area contributed by atoms with E-state index in [4.69, 9.17) is 4.74 Å². The number of ether oxygens (including phenoxy) is 1. The molecule has 1 heteroatoms. The smallest absolute Gasteiger partial charge is 0.0825 e. The van der Waals surface area contributed by atoms with Gasteiger partial charge in [-0.25, -0.2) is 0 Å². The Morgan fingerprint density at radius 2 is 1.29 bits per heavy atom. The quantitative estimate of drug-likeness (QED) is 0.293. The summed E-state index contributed by atoms with van der Waals surface area (Å²) in [5, 5.41) is 0. The summed E-state index contributed by atoms with van der Waals surface area (Å²) in [6, 6.07) is 18.3. The predicted molar refractivity (Wildman–Crippen MR) is 135 cm³/mol. The molecule has 2 unspecified atom stereocenters. The molecule has 170 valence electrons. The molecule has 0 radical (unpaired) electrons. The van der Waals surface area contributed by atoms with Gasteiger partial charge in [-0.05, 0) is 60.3 Å². The van der Waals surface area contributed by atoms with Crippen molar-refractivity contribution in [3.05, 3.63) is 59.7 Å². The molecule has 1 saturated heterocycles. The Labute approximate surface area is 191 Å². The maximum absolute atomic E-state index is 6.26. The van der Waals surface area contributed by atoms with E-state index in [1.807, 2.05) is 0 Å². The van der Waals surface area contributed by atoms with Gasteiger partial charge in [0.1, 0.15) is 0 Å². The maximum Gasteiger partial charge on any atom is 0.0825 e. The molecule has 1 fully saturated rings. The largest absolute Gasteiger partial charge is 0.373 e. The van der Waals surface area contributed by atoms with Gasteiger partial charge in [0.25, 0.3) is 0 Å². The van der Waals surface area contributed by atoms with Crippen molar-refractivity contribution in [3.8, 4) is 11.1 Å². The highest BCUT2D eigenvalue weighted by Gasteiger charge is 2.22. The van der Waals surface area contributed by atoms with Crippen molar-refractivity contribution in [2.75, 3.05) is 6.61 Å². The summed E-state index contributed by atoms with van der Waals surface area (Å²) < 4.78 is 6.26. The molecule has 1 nitrogen and oxygen atoms in total. The highest BCUT2D eigenvalue weighted by atomic mass is 16.5. The second-order valence-electron chi connectivity index (χ2n) is 9.60. The summed E-state index contributed by atoms with van der Waals surface area (Å²) in [7, 11) is 0. The minimum absolute atomic E-state index is 0.288. The Morgan fingerprint density at radius 3 is 1.90 bits per heavy atom. The summed E-state index contributed by atoms with van der Waals surface area (Å²) in [4.78, 5) is 0. The molecule has 0 N–H and O–H groups in total. The molecule has 31 heavy (non-hydrogen) atoms. The maximum atomic E-state index is 6.26. The van der Waals surface area contributed by atoms with E-state index < -0.39 is 0 Å². The third kappa shape index (κ3) is 8.11. The van der Waals surface area contributed by atoms with Crippen molar-refractivity contribution in [1.29, 1.82) is 0 Å². The third-order valence-corrected chi connectivity index (χ3v) is 6.97. The van der Waals surface area contributed by atoms with E-state index in [1.165, 1.54) is 106 Å². The second kappa shape index (κ2) is 13.7. The van der Waals surface area contributed by atoms with Crippen LogP contribution >= 0.6 is 0 Å². The molecule has 2 aromatic rings. The number of benzene rings is 2. The zero-order valence-corrected chi connectivity index (χ0v) is 20.1. The number of hydrogen-bond donors (Lipinski definition) is 0. The first-order chi connectivity index (χ1) is 15.3. The van der Waals surface area contributed by atoms with Crippen LogP contribution in [0.2, 0.25) is 0 Å². The summed E-state index contributed by atoms with van der Waals surface area (Å²) >= 11 is 0. The van der Waals surface area contributed by atoms with Gasteiger partial charge in [-0.3, -0.25) is 0 Å². The average molecular weight is 421 g/mol. The number of unbranched alkanes of at least 4 members (excludes halogenated alkanes) is 7. The topological polar surface area (TPSA) is 9.23 Å². The fraction of sp³-hybridized carbons (Fsp3) is 0.600. The van der Waals surface area contributed by atoms with Crippen molar-refractivity contribution in [1.82, 2.24) is 0 Å². The van der Waals surface area contributed by atoms with Crippen LogP contribution in [0.25, 0.3) is 11.1 Å². The molecule has 1 aliphatic rings. The van der Waals surface area contributed by atoms with Crippen molar-refractivity contribution in [3.63, 3.8) is 0 Å². The number of rotatable bonds is 13. The summed E-state index contributed by atoms with van der Waals surface area (Å²) in [5.41, 5.74) is 5.44. The van der Waals surface area contributed by atoms with Gasteiger partial charge in [0.05, 0.1) is 12.7 Å². The molecule has 0 spiro atoms. The van der Waals surface area contributed by atoms with Crippen LogP contribution in [-0.4, -0.2) is 6.61 Å². The molecule has 2 atom stereocenters. The van der Waals surface area contributed by atoms with Gasteiger partial charge in [-0.15, -0.1) is 0 Å². The van der Waals surface area contributed by atoms with Crippen molar-refractivity contribution < 1.29 is 4.74 Å². The normalized spacial score (nSPS) is 18.9. The average Bonchev–Trinajstić information content (AvgIpc) is 2.83. The van der Waals surface area contributed by atoms with Gasteiger partial charge in [0.2, 0.25) is 0 Å². The molecule has 3 rings (SSSR count). The highest BCUT2D eigenvalue weighted by Crippen LogP contribution is 2.33. The van der Waals surface area contributed by atoms with Crippen LogP contribution in [0.5, 0.6) is 0 Å². The van der Waals surface area contributed by atoms with Gasteiger partial charge in [-0.1, -0.05) is 114 Å². The lowest BCUT2D eigenvalue weighted by atomic mass is 9.90. The fourth-order valence-corrected chi connectivity index (χ4v) is 4.84. The van der Waals surface area contributed by atoms with Crippen LogP contribution in [-0.2, 0) is 11.2 Å². The molecular formula is C30H44O. The minimum atomic E-state index is 0.288. The summed E-state index contributed by atoms with van der Waals surface area (Å²) in [5.74, 6) is 0.775. The fourth-order valence-electron chi connectivity index (χ4n) is 4.84. The van der Waals surface area contributed by atoms with Crippen molar-refractivity contribution in [2.45, 2.75) is 103 Å². The second-order valence-corrected chi connectivity index (χ2v) is 9.60. The molecule has 0 bridgehead atoms. The van der Waals surface area contributed by atoms with Crippen LogP contribution in [0.1, 0.15) is 108 Å². The van der Waals surface area contributed by atoms with E-state index in [-0.39, 0.29) is 6.10 Å². The Bertz CT molecular complexity index is 707. The summed E-state index contributed by atoms with van der Waals surface area (Å²) in [6.07, 6.45) is 17.5. The predicted octanol–water partition coefficient (Wildman–Crippen LogP) is 9.30. The number of hydrogen-bond acceptors (Lipinski definition) is 1. The SMILES string of the molecule is CCCCCCCc1ccc(-c2ccc(C3CCC(CCCCCC)CO3)cc2)cc1. The van der Waals surface area contributed by atoms with Gasteiger partial charge in [0, 0.05) is 0 Å². The van der Waals surface area contributed by atoms with Gasteiger partial charge in [-0.2, -0.15) is 0 Å². The molecule has 0 amide bonds. The third-order valence-electron chi connectivity index (χ3n) is 6.97. The minimum Gasteiger partial charge on any atom is -0.373 e. The van der Waals surface area contributed by atoms with Gasteiger partial charge < -0.3 is 4.74 Å². The first-order valence-electron chi connectivity index (χ1n) is 13.1.